The molecular formula is C14H28N4. The van der Waals surface area contributed by atoms with Crippen LogP contribution in [0.25, 0.3) is 0 Å². The zero-order valence-electron chi connectivity index (χ0n) is 12.1. The third kappa shape index (κ3) is 4.78. The van der Waals surface area contributed by atoms with E-state index in [1.54, 1.807) is 0 Å². The fourth-order valence-corrected chi connectivity index (χ4v) is 2.04. The summed E-state index contributed by atoms with van der Waals surface area (Å²) in [6.45, 7) is 10.4. The molecule has 1 heterocycles. The molecule has 0 bridgehead atoms. The quantitative estimate of drug-likeness (QED) is 0.733. The summed E-state index contributed by atoms with van der Waals surface area (Å²) in [6, 6.07) is 0.621. The van der Waals surface area contributed by atoms with Gasteiger partial charge in [-0.2, -0.15) is 0 Å². The minimum atomic E-state index is 0.621. The van der Waals surface area contributed by atoms with Gasteiger partial charge in [-0.15, -0.1) is 0 Å². The van der Waals surface area contributed by atoms with Crippen molar-refractivity contribution in [3.63, 3.8) is 0 Å². The molecule has 0 aliphatic heterocycles. The van der Waals surface area contributed by atoms with Gasteiger partial charge in [0, 0.05) is 31.9 Å². The SMILES string of the molecule is CCCCN(Cc1cn(CCN)cn1)C(C)CC. The highest BCUT2D eigenvalue weighted by atomic mass is 15.2. The summed E-state index contributed by atoms with van der Waals surface area (Å²) in [7, 11) is 0. The second-order valence-electron chi connectivity index (χ2n) is 4.97. The summed E-state index contributed by atoms with van der Waals surface area (Å²) in [6.07, 6.45) is 7.70. The van der Waals surface area contributed by atoms with Crippen molar-refractivity contribution in [2.24, 2.45) is 5.73 Å². The molecular weight excluding hydrogens is 224 g/mol. The maximum atomic E-state index is 5.55. The Morgan fingerprint density at radius 2 is 2.22 bits per heavy atom. The fraction of sp³-hybridized carbons (Fsp3) is 0.786. The van der Waals surface area contributed by atoms with E-state index in [0.717, 1.165) is 25.3 Å². The Labute approximate surface area is 111 Å². The maximum absolute atomic E-state index is 5.55. The summed E-state index contributed by atoms with van der Waals surface area (Å²) in [4.78, 5) is 6.99. The van der Waals surface area contributed by atoms with Gasteiger partial charge in [0.05, 0.1) is 12.0 Å². The summed E-state index contributed by atoms with van der Waals surface area (Å²) in [5.41, 5.74) is 6.70. The lowest BCUT2D eigenvalue weighted by molar-refractivity contribution is 0.190. The predicted molar refractivity (Wildman–Crippen MR) is 76.4 cm³/mol. The molecule has 1 unspecified atom stereocenters. The molecule has 1 atom stereocenters. The highest BCUT2D eigenvalue weighted by Gasteiger charge is 2.13. The van der Waals surface area contributed by atoms with E-state index in [4.69, 9.17) is 5.73 Å². The van der Waals surface area contributed by atoms with Crippen LogP contribution in [0.1, 0.15) is 45.7 Å². The first-order valence-electron chi connectivity index (χ1n) is 7.16. The summed E-state index contributed by atoms with van der Waals surface area (Å²) >= 11 is 0. The molecule has 0 aliphatic carbocycles. The van der Waals surface area contributed by atoms with Gasteiger partial charge in [-0.3, -0.25) is 4.90 Å². The van der Waals surface area contributed by atoms with Gasteiger partial charge in [-0.1, -0.05) is 20.3 Å². The molecule has 1 aromatic rings. The van der Waals surface area contributed by atoms with Gasteiger partial charge >= 0.3 is 0 Å². The van der Waals surface area contributed by atoms with Crippen LogP contribution in [0.4, 0.5) is 0 Å². The van der Waals surface area contributed by atoms with E-state index in [9.17, 15) is 0 Å². The number of unbranched alkanes of at least 4 members (excludes halogenated alkanes) is 1. The molecule has 0 aromatic carbocycles. The Bertz CT molecular complexity index is 321. The average molecular weight is 252 g/mol. The lowest BCUT2D eigenvalue weighted by Crippen LogP contribution is -2.33. The van der Waals surface area contributed by atoms with E-state index in [1.165, 1.54) is 19.3 Å². The van der Waals surface area contributed by atoms with Crippen LogP contribution in [-0.2, 0) is 13.1 Å². The monoisotopic (exact) mass is 252 g/mol. The van der Waals surface area contributed by atoms with Crippen LogP contribution in [0.5, 0.6) is 0 Å². The van der Waals surface area contributed by atoms with Crippen LogP contribution >= 0.6 is 0 Å². The standard InChI is InChI=1S/C14H28N4/c1-4-6-8-18(13(3)5-2)11-14-10-17(9-7-15)12-16-14/h10,12-13H,4-9,11,15H2,1-3H3. The number of hydrogen-bond acceptors (Lipinski definition) is 3. The normalized spacial score (nSPS) is 13.2. The van der Waals surface area contributed by atoms with Crippen LogP contribution in [0.2, 0.25) is 0 Å². The first kappa shape index (κ1) is 15.2. The van der Waals surface area contributed by atoms with Crippen LogP contribution in [0.15, 0.2) is 12.5 Å². The molecule has 1 aromatic heterocycles. The number of nitrogens with two attached hydrogens (primary N) is 1. The zero-order chi connectivity index (χ0) is 13.4. The van der Waals surface area contributed by atoms with Gasteiger partial charge in [0.2, 0.25) is 0 Å². The number of hydrogen-bond donors (Lipinski definition) is 1. The van der Waals surface area contributed by atoms with E-state index in [-0.39, 0.29) is 0 Å². The van der Waals surface area contributed by atoms with Gasteiger partial charge < -0.3 is 10.3 Å². The molecule has 0 saturated carbocycles. The van der Waals surface area contributed by atoms with Crippen molar-refractivity contribution in [1.82, 2.24) is 14.5 Å². The van der Waals surface area contributed by atoms with E-state index >= 15 is 0 Å². The van der Waals surface area contributed by atoms with Crippen molar-refractivity contribution >= 4 is 0 Å². The molecule has 0 fully saturated rings. The minimum Gasteiger partial charge on any atom is -0.336 e. The van der Waals surface area contributed by atoms with Gasteiger partial charge in [0.15, 0.2) is 0 Å². The molecule has 0 amide bonds. The number of aromatic nitrogens is 2. The van der Waals surface area contributed by atoms with E-state index < -0.39 is 0 Å². The maximum Gasteiger partial charge on any atom is 0.0950 e. The Kier molecular flexibility index (Phi) is 6.98. The molecule has 4 heteroatoms. The first-order chi connectivity index (χ1) is 8.71. The molecule has 0 spiro atoms. The van der Waals surface area contributed by atoms with Crippen LogP contribution < -0.4 is 5.73 Å². The van der Waals surface area contributed by atoms with E-state index in [2.05, 4.69) is 41.4 Å². The number of nitrogens with zero attached hydrogens (tertiary/aromatic N) is 3. The largest absolute Gasteiger partial charge is 0.336 e. The topological polar surface area (TPSA) is 47.1 Å². The molecule has 2 N–H and O–H groups in total. The Balaban J connectivity index is 2.57. The average Bonchev–Trinajstić information content (AvgIpc) is 2.81. The van der Waals surface area contributed by atoms with Gasteiger partial charge in [0.25, 0.3) is 0 Å². The molecule has 1 rings (SSSR count). The molecule has 0 radical (unpaired) electrons. The number of rotatable bonds is 9. The van der Waals surface area contributed by atoms with Crippen molar-refractivity contribution in [3.8, 4) is 0 Å². The predicted octanol–water partition coefficient (Wildman–Crippen LogP) is 2.24. The highest BCUT2D eigenvalue weighted by molar-refractivity contribution is 4.97. The molecule has 104 valence electrons. The van der Waals surface area contributed by atoms with Gasteiger partial charge in [-0.25, -0.2) is 4.98 Å². The second-order valence-corrected chi connectivity index (χ2v) is 4.97. The van der Waals surface area contributed by atoms with Gasteiger partial charge in [-0.05, 0) is 26.3 Å². The highest BCUT2D eigenvalue weighted by Crippen LogP contribution is 2.10. The molecule has 4 nitrogen and oxygen atoms in total. The van der Waals surface area contributed by atoms with Crippen molar-refractivity contribution < 1.29 is 0 Å². The smallest absolute Gasteiger partial charge is 0.0950 e. The first-order valence-corrected chi connectivity index (χ1v) is 7.16. The fourth-order valence-electron chi connectivity index (χ4n) is 2.04. The van der Waals surface area contributed by atoms with E-state index in [0.29, 0.717) is 12.6 Å². The van der Waals surface area contributed by atoms with Crippen molar-refractivity contribution in [2.45, 2.75) is 59.2 Å². The molecule has 18 heavy (non-hydrogen) atoms. The third-order valence-electron chi connectivity index (χ3n) is 3.45. The summed E-state index contributed by atoms with van der Waals surface area (Å²) in [5, 5.41) is 0. The Morgan fingerprint density at radius 3 is 2.83 bits per heavy atom. The van der Waals surface area contributed by atoms with Crippen molar-refractivity contribution in [1.29, 1.82) is 0 Å². The minimum absolute atomic E-state index is 0.621. The summed E-state index contributed by atoms with van der Waals surface area (Å²) in [5.74, 6) is 0. The summed E-state index contributed by atoms with van der Waals surface area (Å²) < 4.78 is 2.07. The second kappa shape index (κ2) is 8.27. The Hall–Kier alpha value is -0.870. The lowest BCUT2D eigenvalue weighted by Gasteiger charge is -2.27. The van der Waals surface area contributed by atoms with Gasteiger partial charge in [0.1, 0.15) is 0 Å². The van der Waals surface area contributed by atoms with Crippen LogP contribution in [-0.4, -0.2) is 33.6 Å². The van der Waals surface area contributed by atoms with Crippen molar-refractivity contribution in [3.05, 3.63) is 18.2 Å². The molecule has 0 saturated heterocycles. The zero-order valence-corrected chi connectivity index (χ0v) is 12.1. The lowest BCUT2D eigenvalue weighted by atomic mass is 10.2. The van der Waals surface area contributed by atoms with Crippen LogP contribution in [0.3, 0.4) is 0 Å². The van der Waals surface area contributed by atoms with E-state index in [1.807, 2.05) is 6.33 Å². The molecule has 0 aliphatic rings. The van der Waals surface area contributed by atoms with Crippen molar-refractivity contribution in [2.75, 3.05) is 13.1 Å². The number of imidazole rings is 1. The Morgan fingerprint density at radius 1 is 1.44 bits per heavy atom. The third-order valence-corrected chi connectivity index (χ3v) is 3.45. The van der Waals surface area contributed by atoms with Crippen LogP contribution in [0, 0.1) is 0 Å².